The third-order valence-corrected chi connectivity index (χ3v) is 8.21. The van der Waals surface area contributed by atoms with E-state index in [1.807, 2.05) is 35.2 Å². The Balaban J connectivity index is 1.62. The number of morpholine rings is 1. The van der Waals surface area contributed by atoms with Crippen LogP contribution in [-0.4, -0.2) is 67.2 Å². The van der Waals surface area contributed by atoms with Gasteiger partial charge in [0.2, 0.25) is 11.9 Å². The van der Waals surface area contributed by atoms with E-state index in [0.717, 1.165) is 0 Å². The molecule has 2 heterocycles. The van der Waals surface area contributed by atoms with Gasteiger partial charge >= 0.3 is 0 Å². The number of ether oxygens (including phenoxy) is 1. The van der Waals surface area contributed by atoms with Gasteiger partial charge in [0.1, 0.15) is 9.79 Å². The summed E-state index contributed by atoms with van der Waals surface area (Å²) in [4.78, 5) is 14.5. The van der Waals surface area contributed by atoms with Gasteiger partial charge < -0.3 is 20.7 Å². The Morgan fingerprint density at radius 2 is 1.48 bits per heavy atom. The van der Waals surface area contributed by atoms with Crippen molar-refractivity contribution in [1.82, 2.24) is 15.0 Å². The number of nitrogens with one attached hydrogen (secondary N) is 1. The molecule has 0 unspecified atom stereocenters. The summed E-state index contributed by atoms with van der Waals surface area (Å²) in [6, 6.07) is 17.6. The molecular formula is C27H26N6O7S2. The van der Waals surface area contributed by atoms with Crippen molar-refractivity contribution in [2.24, 2.45) is 0 Å². The number of nitrogens with zero attached hydrogens (tertiary/aromatic N) is 4. The van der Waals surface area contributed by atoms with Crippen molar-refractivity contribution < 1.29 is 30.7 Å². The van der Waals surface area contributed by atoms with E-state index in [-0.39, 0.29) is 39.0 Å². The molecule has 42 heavy (non-hydrogen) atoms. The molecule has 4 aromatic rings. The van der Waals surface area contributed by atoms with Crippen molar-refractivity contribution in [3.63, 3.8) is 0 Å². The Labute approximate surface area is 242 Å². The van der Waals surface area contributed by atoms with Crippen LogP contribution in [0.4, 0.5) is 23.3 Å². The molecule has 5 rings (SSSR count). The van der Waals surface area contributed by atoms with E-state index in [9.17, 15) is 25.9 Å². The van der Waals surface area contributed by atoms with Gasteiger partial charge in [-0.2, -0.15) is 31.8 Å². The van der Waals surface area contributed by atoms with Crippen molar-refractivity contribution in [3.05, 3.63) is 77.9 Å². The minimum absolute atomic E-state index is 0.0333. The lowest BCUT2D eigenvalue weighted by Crippen LogP contribution is -2.37. The lowest BCUT2D eigenvalue weighted by atomic mass is 10.1. The first kappa shape index (κ1) is 29.1. The molecule has 0 radical (unpaired) electrons. The number of aromatic nitrogens is 3. The number of para-hydroxylation sites is 1. The molecule has 0 saturated carbocycles. The van der Waals surface area contributed by atoms with Gasteiger partial charge in [0.25, 0.3) is 20.2 Å². The van der Waals surface area contributed by atoms with E-state index in [4.69, 9.17) is 10.5 Å². The molecule has 0 aliphatic carbocycles. The average molecular weight is 611 g/mol. The number of benzene rings is 3. The van der Waals surface area contributed by atoms with Crippen LogP contribution >= 0.6 is 0 Å². The van der Waals surface area contributed by atoms with E-state index < -0.39 is 25.1 Å². The Hall–Kier alpha value is -4.41. The molecule has 0 spiro atoms. The van der Waals surface area contributed by atoms with Gasteiger partial charge in [0, 0.05) is 24.3 Å². The normalized spacial score (nSPS) is 14.3. The van der Waals surface area contributed by atoms with Gasteiger partial charge in [-0.15, -0.1) is 0 Å². The monoisotopic (exact) mass is 610 g/mol. The summed E-state index contributed by atoms with van der Waals surface area (Å²) in [5.41, 5.74) is 6.89. The zero-order chi connectivity index (χ0) is 29.9. The van der Waals surface area contributed by atoms with Gasteiger partial charge in [-0.3, -0.25) is 9.11 Å². The minimum atomic E-state index is -4.88. The molecule has 3 aromatic carbocycles. The maximum atomic E-state index is 12.5. The maximum absolute atomic E-state index is 12.5. The maximum Gasteiger partial charge on any atom is 0.297 e. The summed E-state index contributed by atoms with van der Waals surface area (Å²) in [7, 11) is -9.44. The number of hydrogen-bond acceptors (Lipinski definition) is 11. The predicted octanol–water partition coefficient (Wildman–Crippen LogP) is 3.36. The fourth-order valence-electron chi connectivity index (χ4n) is 4.36. The minimum Gasteiger partial charge on any atom is -0.397 e. The molecule has 15 heteroatoms. The van der Waals surface area contributed by atoms with Crippen LogP contribution in [0.5, 0.6) is 0 Å². The van der Waals surface area contributed by atoms with Gasteiger partial charge in [-0.25, -0.2) is 0 Å². The first-order valence-electron chi connectivity index (χ1n) is 12.6. The smallest absolute Gasteiger partial charge is 0.297 e. The summed E-state index contributed by atoms with van der Waals surface area (Å²) < 4.78 is 73.7. The third kappa shape index (κ3) is 6.56. The number of rotatable bonds is 8. The second-order valence-electron chi connectivity index (χ2n) is 9.14. The summed E-state index contributed by atoms with van der Waals surface area (Å²) in [6.07, 6.45) is 2.55. The number of nitrogen functional groups attached to an aromatic ring is 1. The highest BCUT2D eigenvalue weighted by Gasteiger charge is 2.24. The van der Waals surface area contributed by atoms with E-state index in [2.05, 4.69) is 20.3 Å². The zero-order valence-electron chi connectivity index (χ0n) is 22.0. The van der Waals surface area contributed by atoms with Crippen LogP contribution in [-0.2, 0) is 25.0 Å². The van der Waals surface area contributed by atoms with Crippen molar-refractivity contribution in [3.8, 4) is 11.4 Å². The van der Waals surface area contributed by atoms with E-state index in [0.29, 0.717) is 37.9 Å². The molecule has 0 atom stereocenters. The fourth-order valence-corrected chi connectivity index (χ4v) is 5.87. The topological polar surface area (TPSA) is 198 Å². The van der Waals surface area contributed by atoms with E-state index in [1.54, 1.807) is 6.07 Å². The SMILES string of the molecule is Nc1c(-c2nc(Nc3ccccc3)nc(N3CCOCC3)n2)ccc(C=Cc2ccccc2S(=O)(=O)O)c1S(=O)(=O)O. The largest absolute Gasteiger partial charge is 0.397 e. The summed E-state index contributed by atoms with van der Waals surface area (Å²) in [5.74, 6) is 0.561. The average Bonchev–Trinajstić information content (AvgIpc) is 2.96. The first-order chi connectivity index (χ1) is 20.0. The lowest BCUT2D eigenvalue weighted by molar-refractivity contribution is 0.122. The van der Waals surface area contributed by atoms with Gasteiger partial charge in [-0.1, -0.05) is 54.6 Å². The summed E-state index contributed by atoms with van der Waals surface area (Å²) >= 11 is 0. The second-order valence-corrected chi connectivity index (χ2v) is 11.9. The first-order valence-corrected chi connectivity index (χ1v) is 15.4. The van der Waals surface area contributed by atoms with Crippen molar-refractivity contribution in [2.75, 3.05) is 42.3 Å². The lowest BCUT2D eigenvalue weighted by Gasteiger charge is -2.27. The molecule has 13 nitrogen and oxygen atoms in total. The quantitative estimate of drug-likeness (QED) is 0.129. The second kappa shape index (κ2) is 11.8. The van der Waals surface area contributed by atoms with Gasteiger partial charge in [0.15, 0.2) is 5.82 Å². The van der Waals surface area contributed by atoms with Crippen LogP contribution in [0.15, 0.2) is 76.5 Å². The van der Waals surface area contributed by atoms with Crippen LogP contribution < -0.4 is 16.0 Å². The standard InChI is InChI=1S/C27H26N6O7S2/c28-23-21(13-12-19(24(23)42(37,38)39)11-10-18-6-4-5-9-22(18)41(34,35)36)25-30-26(29-20-7-2-1-3-8-20)32-27(31-25)33-14-16-40-17-15-33/h1-13H,14-17,28H2,(H,34,35,36)(H,37,38,39)(H,29,30,31,32). The van der Waals surface area contributed by atoms with Gasteiger partial charge in [-0.05, 0) is 35.4 Å². The van der Waals surface area contributed by atoms with Crippen LogP contribution in [0.3, 0.4) is 0 Å². The Morgan fingerprint density at radius 1 is 0.810 bits per heavy atom. The number of hydrogen-bond donors (Lipinski definition) is 4. The molecule has 1 aromatic heterocycles. The number of nitrogens with two attached hydrogens (primary N) is 1. The fraction of sp³-hybridized carbons (Fsp3) is 0.148. The predicted molar refractivity (Wildman–Crippen MR) is 157 cm³/mol. The molecule has 0 amide bonds. The van der Waals surface area contributed by atoms with Crippen molar-refractivity contribution in [1.29, 1.82) is 0 Å². The molecule has 1 aliphatic rings. The third-order valence-electron chi connectivity index (χ3n) is 6.31. The van der Waals surface area contributed by atoms with Crippen LogP contribution in [0, 0.1) is 0 Å². The Bertz CT molecular complexity index is 1860. The molecule has 1 aliphatic heterocycles. The number of anilines is 4. The van der Waals surface area contributed by atoms with Crippen LogP contribution in [0.2, 0.25) is 0 Å². The molecule has 1 fully saturated rings. The molecular weight excluding hydrogens is 584 g/mol. The van der Waals surface area contributed by atoms with Gasteiger partial charge in [0.05, 0.1) is 18.9 Å². The summed E-state index contributed by atoms with van der Waals surface area (Å²) in [6.45, 7) is 1.99. The highest BCUT2D eigenvalue weighted by molar-refractivity contribution is 7.86. The van der Waals surface area contributed by atoms with E-state index >= 15 is 0 Å². The van der Waals surface area contributed by atoms with Crippen molar-refractivity contribution >= 4 is 55.7 Å². The summed E-state index contributed by atoms with van der Waals surface area (Å²) in [5, 5.41) is 3.12. The van der Waals surface area contributed by atoms with Crippen LogP contribution in [0.1, 0.15) is 11.1 Å². The Morgan fingerprint density at radius 3 is 2.17 bits per heavy atom. The highest BCUT2D eigenvalue weighted by atomic mass is 32.2. The zero-order valence-corrected chi connectivity index (χ0v) is 23.6. The highest BCUT2D eigenvalue weighted by Crippen LogP contribution is 2.34. The molecule has 1 saturated heterocycles. The Kier molecular flexibility index (Phi) is 8.20. The van der Waals surface area contributed by atoms with Crippen molar-refractivity contribution in [2.45, 2.75) is 9.79 Å². The molecule has 218 valence electrons. The molecule has 5 N–H and O–H groups in total. The molecule has 0 bridgehead atoms. The van der Waals surface area contributed by atoms with Crippen LogP contribution in [0.25, 0.3) is 23.5 Å². The van der Waals surface area contributed by atoms with E-state index in [1.165, 1.54) is 42.5 Å².